The standard InChI is InChI=1S/C23H23F3N4O3/c24-23(25,26)16-6-9-19(29-12-2-1-3-13-29)18(14-16)27-22(33)15-4-7-17(8-5-15)30-21(32)11-10-20(31)28-30/h4-9,14H,1-3,10-13H2,(H,27,33)(H,28,31). The van der Waals surface area contributed by atoms with Gasteiger partial charge >= 0.3 is 6.18 Å². The number of hydrogen-bond donors (Lipinski definition) is 2. The first-order chi connectivity index (χ1) is 15.7. The lowest BCUT2D eigenvalue weighted by atomic mass is 10.1. The Balaban J connectivity index is 1.56. The Morgan fingerprint density at radius 1 is 0.939 bits per heavy atom. The number of amides is 3. The molecule has 2 heterocycles. The zero-order chi connectivity index (χ0) is 23.6. The number of piperidine rings is 1. The minimum Gasteiger partial charge on any atom is -0.370 e. The van der Waals surface area contributed by atoms with Crippen molar-refractivity contribution < 1.29 is 27.6 Å². The summed E-state index contributed by atoms with van der Waals surface area (Å²) in [5, 5.41) is 3.74. The Bertz CT molecular complexity index is 1060. The van der Waals surface area contributed by atoms with Gasteiger partial charge in [-0.05, 0) is 61.7 Å². The molecule has 4 rings (SSSR count). The first kappa shape index (κ1) is 22.6. The molecule has 2 aliphatic heterocycles. The first-order valence-corrected chi connectivity index (χ1v) is 10.7. The van der Waals surface area contributed by atoms with Crippen LogP contribution < -0.4 is 20.7 Å². The molecule has 0 aliphatic carbocycles. The molecular weight excluding hydrogens is 437 g/mol. The lowest BCUT2D eigenvalue weighted by molar-refractivity contribution is -0.137. The van der Waals surface area contributed by atoms with Gasteiger partial charge in [0.25, 0.3) is 5.91 Å². The summed E-state index contributed by atoms with van der Waals surface area (Å²) < 4.78 is 39.9. The van der Waals surface area contributed by atoms with Crippen LogP contribution in [0.5, 0.6) is 0 Å². The van der Waals surface area contributed by atoms with Crippen molar-refractivity contribution in [3.05, 3.63) is 53.6 Å². The normalized spacial score (nSPS) is 17.1. The molecule has 2 aromatic carbocycles. The highest BCUT2D eigenvalue weighted by Gasteiger charge is 2.32. The number of hydrazine groups is 1. The number of benzene rings is 2. The van der Waals surface area contributed by atoms with Crippen molar-refractivity contribution >= 4 is 34.8 Å². The summed E-state index contributed by atoms with van der Waals surface area (Å²) in [6.07, 6.45) is -1.41. The van der Waals surface area contributed by atoms with Crippen LogP contribution in [0.3, 0.4) is 0 Å². The number of nitrogens with one attached hydrogen (secondary N) is 2. The maximum Gasteiger partial charge on any atom is 0.416 e. The second-order valence-electron chi connectivity index (χ2n) is 8.04. The van der Waals surface area contributed by atoms with Gasteiger partial charge in [0.2, 0.25) is 11.8 Å². The molecule has 7 nitrogen and oxygen atoms in total. The van der Waals surface area contributed by atoms with Crippen LogP contribution in [-0.2, 0) is 15.8 Å². The van der Waals surface area contributed by atoms with E-state index >= 15 is 0 Å². The van der Waals surface area contributed by atoms with Crippen molar-refractivity contribution in [1.29, 1.82) is 0 Å². The average molecular weight is 460 g/mol. The van der Waals surface area contributed by atoms with E-state index in [0.29, 0.717) is 24.5 Å². The van der Waals surface area contributed by atoms with Crippen molar-refractivity contribution in [2.45, 2.75) is 38.3 Å². The molecule has 0 aromatic heterocycles. The van der Waals surface area contributed by atoms with Gasteiger partial charge in [0.1, 0.15) is 0 Å². The van der Waals surface area contributed by atoms with Crippen LogP contribution in [0.2, 0.25) is 0 Å². The summed E-state index contributed by atoms with van der Waals surface area (Å²) in [6, 6.07) is 9.28. The third kappa shape index (κ3) is 5.10. The number of halogens is 3. The van der Waals surface area contributed by atoms with Crippen LogP contribution >= 0.6 is 0 Å². The Morgan fingerprint density at radius 2 is 1.64 bits per heavy atom. The van der Waals surface area contributed by atoms with Crippen molar-refractivity contribution in [2.24, 2.45) is 0 Å². The SMILES string of the molecule is O=C1CCC(=O)N(c2ccc(C(=O)Nc3cc(C(F)(F)F)ccc3N3CCCCC3)cc2)N1. The van der Waals surface area contributed by atoms with Crippen LogP contribution in [0.15, 0.2) is 42.5 Å². The Morgan fingerprint density at radius 3 is 2.30 bits per heavy atom. The Labute approximate surface area is 188 Å². The minimum atomic E-state index is -4.53. The number of carbonyl (C=O) groups excluding carboxylic acids is 3. The van der Waals surface area contributed by atoms with Crippen molar-refractivity contribution in [3.8, 4) is 0 Å². The largest absolute Gasteiger partial charge is 0.416 e. The maximum absolute atomic E-state index is 13.3. The molecule has 0 bridgehead atoms. The van der Waals surface area contributed by atoms with E-state index in [4.69, 9.17) is 0 Å². The van der Waals surface area contributed by atoms with E-state index in [0.717, 1.165) is 36.4 Å². The van der Waals surface area contributed by atoms with E-state index in [2.05, 4.69) is 10.7 Å². The van der Waals surface area contributed by atoms with Crippen molar-refractivity contribution in [3.63, 3.8) is 0 Å². The smallest absolute Gasteiger partial charge is 0.370 e. The number of hydrogen-bond acceptors (Lipinski definition) is 4. The molecule has 174 valence electrons. The van der Waals surface area contributed by atoms with E-state index in [9.17, 15) is 27.6 Å². The molecule has 2 aliphatic rings. The Hall–Kier alpha value is -3.56. The molecule has 3 amide bonds. The molecule has 0 saturated carbocycles. The monoisotopic (exact) mass is 460 g/mol. The van der Waals surface area contributed by atoms with Gasteiger partial charge in [0.15, 0.2) is 0 Å². The van der Waals surface area contributed by atoms with Crippen LogP contribution in [0.4, 0.5) is 30.2 Å². The van der Waals surface area contributed by atoms with Gasteiger partial charge in [-0.15, -0.1) is 0 Å². The van der Waals surface area contributed by atoms with Gasteiger partial charge in [-0.25, -0.2) is 5.01 Å². The van der Waals surface area contributed by atoms with Crippen LogP contribution in [0.1, 0.15) is 48.0 Å². The zero-order valence-corrected chi connectivity index (χ0v) is 17.7. The van der Waals surface area contributed by atoms with Crippen LogP contribution in [0.25, 0.3) is 0 Å². The molecule has 2 saturated heterocycles. The molecule has 0 radical (unpaired) electrons. The fourth-order valence-corrected chi connectivity index (χ4v) is 3.96. The van der Waals surface area contributed by atoms with E-state index in [1.165, 1.54) is 30.3 Å². The lowest BCUT2D eigenvalue weighted by Gasteiger charge is -2.31. The van der Waals surface area contributed by atoms with Crippen LogP contribution in [-0.4, -0.2) is 30.8 Å². The second kappa shape index (κ2) is 9.13. The number of nitrogens with zero attached hydrogens (tertiary/aromatic N) is 2. The molecule has 0 unspecified atom stereocenters. The fourth-order valence-electron chi connectivity index (χ4n) is 3.96. The highest BCUT2D eigenvalue weighted by molar-refractivity contribution is 6.07. The van der Waals surface area contributed by atoms with Crippen LogP contribution in [0, 0.1) is 0 Å². The minimum absolute atomic E-state index is 0.0862. The van der Waals surface area contributed by atoms with Gasteiger partial charge in [-0.2, -0.15) is 13.2 Å². The molecule has 2 aromatic rings. The first-order valence-electron chi connectivity index (χ1n) is 10.7. The zero-order valence-electron chi connectivity index (χ0n) is 17.7. The van der Waals surface area contributed by atoms with E-state index in [1.807, 2.05) is 4.90 Å². The second-order valence-corrected chi connectivity index (χ2v) is 8.04. The number of carbonyl (C=O) groups is 3. The van der Waals surface area contributed by atoms with Gasteiger partial charge in [-0.3, -0.25) is 19.8 Å². The van der Waals surface area contributed by atoms with Gasteiger partial charge < -0.3 is 10.2 Å². The number of anilines is 3. The van der Waals surface area contributed by atoms with Crippen molar-refractivity contribution in [1.82, 2.24) is 5.43 Å². The third-order valence-electron chi connectivity index (χ3n) is 5.71. The molecule has 10 heteroatoms. The lowest BCUT2D eigenvalue weighted by Crippen LogP contribution is -2.50. The number of alkyl halides is 3. The number of rotatable bonds is 4. The molecule has 33 heavy (non-hydrogen) atoms. The maximum atomic E-state index is 13.3. The quantitative estimate of drug-likeness (QED) is 0.720. The van der Waals surface area contributed by atoms with E-state index in [1.54, 1.807) is 0 Å². The molecule has 2 N–H and O–H groups in total. The van der Waals surface area contributed by atoms with Gasteiger partial charge in [-0.1, -0.05) is 0 Å². The van der Waals surface area contributed by atoms with Gasteiger partial charge in [0, 0.05) is 31.5 Å². The molecule has 2 fully saturated rings. The van der Waals surface area contributed by atoms with E-state index < -0.39 is 17.6 Å². The summed E-state index contributed by atoms with van der Waals surface area (Å²) in [4.78, 5) is 38.4. The summed E-state index contributed by atoms with van der Waals surface area (Å²) >= 11 is 0. The summed E-state index contributed by atoms with van der Waals surface area (Å²) in [5.74, 6) is -1.14. The highest BCUT2D eigenvalue weighted by atomic mass is 19.4. The molecule has 0 spiro atoms. The van der Waals surface area contributed by atoms with E-state index in [-0.39, 0.29) is 35.9 Å². The summed E-state index contributed by atoms with van der Waals surface area (Å²) in [5.41, 5.74) is 2.87. The summed E-state index contributed by atoms with van der Waals surface area (Å²) in [7, 11) is 0. The average Bonchev–Trinajstić information content (AvgIpc) is 2.80. The molecular formula is C23H23F3N4O3. The fraction of sp³-hybridized carbons (Fsp3) is 0.348. The van der Waals surface area contributed by atoms with Gasteiger partial charge in [0.05, 0.1) is 22.6 Å². The molecule has 0 atom stereocenters. The topological polar surface area (TPSA) is 81.8 Å². The van der Waals surface area contributed by atoms with Crippen molar-refractivity contribution in [2.75, 3.05) is 28.3 Å². The Kier molecular flexibility index (Phi) is 6.26. The summed E-state index contributed by atoms with van der Waals surface area (Å²) in [6.45, 7) is 1.41. The highest BCUT2D eigenvalue weighted by Crippen LogP contribution is 2.36. The predicted molar refractivity (Wildman–Crippen MR) is 117 cm³/mol. The predicted octanol–water partition coefficient (Wildman–Crippen LogP) is 4.11. The third-order valence-corrected chi connectivity index (χ3v) is 5.71.